The number of aryl methyl sites for hydroxylation is 1. The summed E-state index contributed by atoms with van der Waals surface area (Å²) in [5.41, 5.74) is -1.51. The van der Waals surface area contributed by atoms with Crippen LogP contribution in [0.4, 0.5) is 29.2 Å². The van der Waals surface area contributed by atoms with Gasteiger partial charge in [0.1, 0.15) is 23.3 Å². The number of hydrogen-bond donors (Lipinski definition) is 2. The zero-order valence-corrected chi connectivity index (χ0v) is 17.6. The van der Waals surface area contributed by atoms with Gasteiger partial charge in [-0.05, 0) is 50.8 Å². The summed E-state index contributed by atoms with van der Waals surface area (Å²) in [5, 5.41) is 6.11. The van der Waals surface area contributed by atoms with E-state index in [0.29, 0.717) is 30.8 Å². The topological polar surface area (TPSA) is 70.2 Å². The summed E-state index contributed by atoms with van der Waals surface area (Å²) >= 11 is 0. The highest BCUT2D eigenvalue weighted by Crippen LogP contribution is 2.30. The van der Waals surface area contributed by atoms with Gasteiger partial charge in [0.05, 0.1) is 5.56 Å². The minimum atomic E-state index is -4.72. The molecule has 3 rings (SSSR count). The molecule has 1 heterocycles. The number of hydrogen-bond acceptors (Lipinski definition) is 5. The lowest BCUT2D eigenvalue weighted by Gasteiger charge is -2.30. The lowest BCUT2D eigenvalue weighted by Crippen LogP contribution is -2.40. The summed E-state index contributed by atoms with van der Waals surface area (Å²) < 4.78 is 52.2. The molecule has 1 saturated carbocycles. The maximum Gasteiger partial charge on any atom is 0.416 e. The van der Waals surface area contributed by atoms with E-state index in [-0.39, 0.29) is 17.6 Å². The number of alkyl halides is 3. The van der Waals surface area contributed by atoms with Crippen LogP contribution in [0, 0.1) is 12.7 Å². The molecule has 0 aliphatic heterocycles. The van der Waals surface area contributed by atoms with Crippen LogP contribution >= 0.6 is 0 Å². The van der Waals surface area contributed by atoms with Crippen LogP contribution in [0.25, 0.3) is 0 Å². The smallest absolute Gasteiger partial charge is 0.367 e. The van der Waals surface area contributed by atoms with Crippen molar-refractivity contribution in [2.45, 2.75) is 50.9 Å². The summed E-state index contributed by atoms with van der Waals surface area (Å²) in [6.07, 6.45) is -1.91. The van der Waals surface area contributed by atoms with Crippen molar-refractivity contribution in [3.8, 4) is 0 Å². The molecule has 168 valence electrons. The lowest BCUT2D eigenvalue weighted by atomic mass is 9.91. The van der Waals surface area contributed by atoms with E-state index < -0.39 is 23.5 Å². The summed E-state index contributed by atoms with van der Waals surface area (Å²) in [6, 6.07) is 3.70. The largest absolute Gasteiger partial charge is 0.416 e. The summed E-state index contributed by atoms with van der Waals surface area (Å²) in [5.74, 6) is 0.379. The Kier molecular flexibility index (Phi) is 6.66. The number of carbonyl (C=O) groups excluding carboxylic acids is 1. The van der Waals surface area contributed by atoms with Gasteiger partial charge < -0.3 is 15.5 Å². The molecule has 0 saturated heterocycles. The number of benzene rings is 1. The summed E-state index contributed by atoms with van der Waals surface area (Å²) in [4.78, 5) is 23.0. The predicted molar refractivity (Wildman–Crippen MR) is 110 cm³/mol. The fourth-order valence-corrected chi connectivity index (χ4v) is 3.60. The van der Waals surface area contributed by atoms with Crippen molar-refractivity contribution in [2.75, 3.05) is 24.3 Å². The minimum absolute atomic E-state index is 0.156. The van der Waals surface area contributed by atoms with E-state index in [1.165, 1.54) is 0 Å². The van der Waals surface area contributed by atoms with Gasteiger partial charge in [0.15, 0.2) is 0 Å². The van der Waals surface area contributed by atoms with Crippen molar-refractivity contribution in [3.63, 3.8) is 0 Å². The van der Waals surface area contributed by atoms with Gasteiger partial charge in [-0.2, -0.15) is 13.2 Å². The fourth-order valence-electron chi connectivity index (χ4n) is 3.60. The third-order valence-corrected chi connectivity index (χ3v) is 5.18. The number of anilines is 2. The predicted octanol–water partition coefficient (Wildman–Crippen LogP) is 4.16. The molecular weight excluding hydrogens is 414 g/mol. The first-order valence-corrected chi connectivity index (χ1v) is 9.99. The Morgan fingerprint density at radius 1 is 1.03 bits per heavy atom. The van der Waals surface area contributed by atoms with Gasteiger partial charge in [-0.1, -0.05) is 0 Å². The maximum absolute atomic E-state index is 13.6. The van der Waals surface area contributed by atoms with Crippen molar-refractivity contribution in [1.29, 1.82) is 0 Å². The average molecular weight is 439 g/mol. The van der Waals surface area contributed by atoms with Crippen molar-refractivity contribution >= 4 is 17.5 Å². The second-order valence-electron chi connectivity index (χ2n) is 7.95. The number of carbonyl (C=O) groups is 1. The van der Waals surface area contributed by atoms with Crippen LogP contribution in [-0.4, -0.2) is 42.1 Å². The van der Waals surface area contributed by atoms with Crippen LogP contribution in [-0.2, 0) is 6.18 Å². The Morgan fingerprint density at radius 3 is 2.29 bits per heavy atom. The van der Waals surface area contributed by atoms with E-state index in [0.717, 1.165) is 30.5 Å². The van der Waals surface area contributed by atoms with Crippen LogP contribution in [0.1, 0.15) is 47.4 Å². The van der Waals surface area contributed by atoms with Gasteiger partial charge >= 0.3 is 6.18 Å². The highest BCUT2D eigenvalue weighted by Gasteiger charge is 2.32. The Morgan fingerprint density at radius 2 is 1.68 bits per heavy atom. The number of amides is 1. The Labute approximate surface area is 178 Å². The molecule has 2 N–H and O–H groups in total. The van der Waals surface area contributed by atoms with E-state index >= 15 is 0 Å². The van der Waals surface area contributed by atoms with Gasteiger partial charge in [-0.3, -0.25) is 4.79 Å². The second-order valence-corrected chi connectivity index (χ2v) is 7.95. The summed E-state index contributed by atoms with van der Waals surface area (Å²) in [6.45, 7) is 1.82. The second kappa shape index (κ2) is 9.07. The lowest BCUT2D eigenvalue weighted by molar-refractivity contribution is -0.137. The molecule has 31 heavy (non-hydrogen) atoms. The van der Waals surface area contributed by atoms with Crippen LogP contribution < -0.4 is 15.5 Å². The van der Waals surface area contributed by atoms with E-state index in [2.05, 4.69) is 20.6 Å². The van der Waals surface area contributed by atoms with Crippen LogP contribution in [0.15, 0.2) is 24.3 Å². The van der Waals surface area contributed by atoms with Gasteiger partial charge in [0, 0.05) is 37.8 Å². The molecule has 0 bridgehead atoms. The highest BCUT2D eigenvalue weighted by molar-refractivity contribution is 5.94. The van der Waals surface area contributed by atoms with E-state index in [1.807, 2.05) is 32.0 Å². The Balaban J connectivity index is 1.57. The number of halogens is 4. The first-order valence-electron chi connectivity index (χ1n) is 9.99. The fraction of sp³-hybridized carbons (Fsp3) is 0.476. The first kappa shape index (κ1) is 22.8. The zero-order chi connectivity index (χ0) is 22.8. The Hall–Kier alpha value is -2.91. The molecule has 6 nitrogen and oxygen atoms in total. The molecule has 1 amide bonds. The molecule has 1 aliphatic carbocycles. The van der Waals surface area contributed by atoms with Gasteiger partial charge in [0.2, 0.25) is 0 Å². The first-order chi connectivity index (χ1) is 14.5. The third kappa shape index (κ3) is 6.05. The van der Waals surface area contributed by atoms with Crippen LogP contribution in [0.3, 0.4) is 0 Å². The minimum Gasteiger partial charge on any atom is -0.367 e. The van der Waals surface area contributed by atoms with Crippen molar-refractivity contribution in [3.05, 3.63) is 47.0 Å². The van der Waals surface area contributed by atoms with Gasteiger partial charge in [-0.15, -0.1) is 0 Å². The van der Waals surface area contributed by atoms with E-state index in [1.54, 1.807) is 0 Å². The number of aromatic nitrogens is 2. The molecule has 0 unspecified atom stereocenters. The molecule has 10 heteroatoms. The molecule has 2 aromatic rings. The van der Waals surface area contributed by atoms with Gasteiger partial charge in [-0.25, -0.2) is 14.4 Å². The quantitative estimate of drug-likeness (QED) is 0.685. The average Bonchev–Trinajstić information content (AvgIpc) is 2.68. The monoisotopic (exact) mass is 439 g/mol. The third-order valence-electron chi connectivity index (χ3n) is 5.18. The number of nitrogens with one attached hydrogen (secondary N) is 2. The van der Waals surface area contributed by atoms with Crippen molar-refractivity contribution in [2.24, 2.45) is 0 Å². The van der Waals surface area contributed by atoms with Gasteiger partial charge in [0.25, 0.3) is 5.91 Å². The molecule has 1 fully saturated rings. The number of nitrogens with zero attached hydrogens (tertiary/aromatic N) is 3. The summed E-state index contributed by atoms with van der Waals surface area (Å²) in [7, 11) is 3.80. The highest BCUT2D eigenvalue weighted by atomic mass is 19.4. The standard InChI is InChI=1S/C21H25F4N5O/c1-12-26-18(11-19(27-12)30(2)3)28-16-4-6-17(7-5-16)29-20(31)13-8-14(21(23,24)25)10-15(22)9-13/h8-11,16-17H,4-7H2,1-3H3,(H,29,31)(H,26,27,28). The maximum atomic E-state index is 13.6. The van der Waals surface area contributed by atoms with E-state index in [9.17, 15) is 22.4 Å². The molecule has 1 aromatic carbocycles. The molecule has 1 aromatic heterocycles. The molecule has 1 aliphatic rings. The molecular formula is C21H25F4N5O. The Bertz CT molecular complexity index is 940. The van der Waals surface area contributed by atoms with Crippen LogP contribution in [0.5, 0.6) is 0 Å². The molecule has 0 atom stereocenters. The zero-order valence-electron chi connectivity index (χ0n) is 17.6. The van der Waals surface area contributed by atoms with Crippen LogP contribution in [0.2, 0.25) is 0 Å². The molecule has 0 radical (unpaired) electrons. The van der Waals surface area contributed by atoms with E-state index in [4.69, 9.17) is 0 Å². The van der Waals surface area contributed by atoms with Crippen molar-refractivity contribution < 1.29 is 22.4 Å². The SMILES string of the molecule is Cc1nc(NC2CCC(NC(=O)c3cc(F)cc(C(F)(F)F)c3)CC2)cc(N(C)C)n1. The number of rotatable bonds is 5. The molecule has 0 spiro atoms. The van der Waals surface area contributed by atoms with Crippen molar-refractivity contribution in [1.82, 2.24) is 15.3 Å². The normalized spacial score (nSPS) is 19.1.